The van der Waals surface area contributed by atoms with Gasteiger partial charge < -0.3 is 16.4 Å². The average molecular weight is 287 g/mol. The summed E-state index contributed by atoms with van der Waals surface area (Å²) >= 11 is 1.17. The predicted molar refractivity (Wildman–Crippen MR) is 78.4 cm³/mol. The zero-order valence-electron chi connectivity index (χ0n) is 10.8. The number of hydrogen-bond acceptors (Lipinski definition) is 6. The molecular formula is C13H13N5OS. The molecule has 7 heteroatoms. The van der Waals surface area contributed by atoms with Crippen LogP contribution in [0.1, 0.15) is 20.8 Å². The predicted octanol–water partition coefficient (Wildman–Crippen LogP) is 1.57. The number of nitrogen functional groups attached to an aromatic ring is 1. The van der Waals surface area contributed by atoms with Crippen LogP contribution in [-0.4, -0.2) is 17.9 Å². The van der Waals surface area contributed by atoms with Crippen molar-refractivity contribution in [3.63, 3.8) is 0 Å². The van der Waals surface area contributed by atoms with Gasteiger partial charge in [0.15, 0.2) is 0 Å². The molecule has 2 aromatic rings. The summed E-state index contributed by atoms with van der Waals surface area (Å²) in [5.74, 6) is -0.293. The summed E-state index contributed by atoms with van der Waals surface area (Å²) in [6, 6.07) is 5.78. The number of nitrogens with one attached hydrogen (secondary N) is 2. The molecule has 0 saturated heterocycles. The average Bonchev–Trinajstić information content (AvgIpc) is 2.81. The minimum Gasteiger partial charge on any atom is -0.396 e. The highest BCUT2D eigenvalue weighted by atomic mass is 32.1. The number of carbonyl (C=O) groups excluding carboxylic acids is 1. The third-order valence-corrected chi connectivity index (χ3v) is 3.83. The van der Waals surface area contributed by atoms with Crippen LogP contribution >= 0.6 is 11.3 Å². The molecule has 2 heterocycles. The smallest absolute Gasteiger partial charge is 0.263 e. The Labute approximate surface area is 120 Å². The third kappa shape index (κ3) is 2.70. The van der Waals surface area contributed by atoms with Crippen LogP contribution in [0.25, 0.3) is 0 Å². The van der Waals surface area contributed by atoms with E-state index in [1.165, 1.54) is 18.4 Å². The summed E-state index contributed by atoms with van der Waals surface area (Å²) in [4.78, 5) is 16.0. The van der Waals surface area contributed by atoms with E-state index in [-0.39, 0.29) is 11.6 Å². The monoisotopic (exact) mass is 287 g/mol. The molecule has 0 fully saturated rings. The summed E-state index contributed by atoms with van der Waals surface area (Å²) in [6.07, 6.45) is 3.42. The molecule has 0 aliphatic carbocycles. The fraction of sp³-hybridized carbons (Fsp3) is 0.154. The first-order valence-corrected chi connectivity index (χ1v) is 6.66. The summed E-state index contributed by atoms with van der Waals surface area (Å²) in [7, 11) is 1.52. The van der Waals surface area contributed by atoms with Crippen LogP contribution in [0.5, 0.6) is 0 Å². The summed E-state index contributed by atoms with van der Waals surface area (Å²) < 4.78 is 0. The first-order chi connectivity index (χ1) is 9.67. The lowest BCUT2D eigenvalue weighted by molar-refractivity contribution is 0.0968. The van der Waals surface area contributed by atoms with Crippen molar-refractivity contribution in [1.29, 1.82) is 5.26 Å². The Kier molecular flexibility index (Phi) is 4.17. The Morgan fingerprint density at radius 1 is 1.60 bits per heavy atom. The SMILES string of the molecule is CNC(=O)c1sc(NCc2cccnc2)c(C#N)c1N. The van der Waals surface area contributed by atoms with Gasteiger partial charge in [0.1, 0.15) is 21.5 Å². The van der Waals surface area contributed by atoms with Gasteiger partial charge in [0, 0.05) is 26.0 Å². The molecule has 0 spiro atoms. The highest BCUT2D eigenvalue weighted by molar-refractivity contribution is 7.18. The minimum atomic E-state index is -0.293. The van der Waals surface area contributed by atoms with E-state index in [9.17, 15) is 4.79 Å². The largest absolute Gasteiger partial charge is 0.396 e. The minimum absolute atomic E-state index is 0.213. The maximum atomic E-state index is 11.7. The van der Waals surface area contributed by atoms with E-state index in [1.807, 2.05) is 18.2 Å². The first-order valence-electron chi connectivity index (χ1n) is 5.84. The van der Waals surface area contributed by atoms with Crippen molar-refractivity contribution in [3.8, 4) is 6.07 Å². The van der Waals surface area contributed by atoms with Crippen LogP contribution in [0.2, 0.25) is 0 Å². The van der Waals surface area contributed by atoms with Gasteiger partial charge >= 0.3 is 0 Å². The lowest BCUT2D eigenvalue weighted by Crippen LogP contribution is -2.17. The van der Waals surface area contributed by atoms with Crippen molar-refractivity contribution in [1.82, 2.24) is 10.3 Å². The van der Waals surface area contributed by atoms with E-state index in [2.05, 4.69) is 15.6 Å². The van der Waals surface area contributed by atoms with Crippen LogP contribution in [-0.2, 0) is 6.54 Å². The van der Waals surface area contributed by atoms with Gasteiger partial charge in [0.25, 0.3) is 5.91 Å². The Hall–Kier alpha value is -2.59. The second-order valence-electron chi connectivity index (χ2n) is 3.95. The molecule has 2 rings (SSSR count). The second-order valence-corrected chi connectivity index (χ2v) is 4.98. The fourth-order valence-corrected chi connectivity index (χ4v) is 2.66. The van der Waals surface area contributed by atoms with Crippen molar-refractivity contribution < 1.29 is 4.79 Å². The molecule has 0 saturated carbocycles. The van der Waals surface area contributed by atoms with Gasteiger partial charge in [-0.3, -0.25) is 9.78 Å². The number of amides is 1. The highest BCUT2D eigenvalue weighted by Crippen LogP contribution is 2.35. The summed E-state index contributed by atoms with van der Waals surface area (Å²) in [5, 5.41) is 15.4. The second kappa shape index (κ2) is 6.04. The number of hydrogen-bond donors (Lipinski definition) is 3. The standard InChI is InChI=1S/C13H13N5OS/c1-16-12(19)11-10(15)9(5-14)13(20-11)18-7-8-3-2-4-17-6-8/h2-4,6,18H,7,15H2,1H3,(H,16,19). The molecule has 0 unspecified atom stereocenters. The van der Waals surface area contributed by atoms with Gasteiger partial charge in [-0.15, -0.1) is 11.3 Å². The molecule has 0 aliphatic heterocycles. The van der Waals surface area contributed by atoms with Crippen molar-refractivity contribution in [3.05, 3.63) is 40.5 Å². The lowest BCUT2D eigenvalue weighted by Gasteiger charge is -2.03. The summed E-state index contributed by atoms with van der Waals surface area (Å²) in [5.41, 5.74) is 7.33. The highest BCUT2D eigenvalue weighted by Gasteiger charge is 2.20. The van der Waals surface area contributed by atoms with Crippen LogP contribution in [0.15, 0.2) is 24.5 Å². The maximum absolute atomic E-state index is 11.7. The van der Waals surface area contributed by atoms with Crippen LogP contribution < -0.4 is 16.4 Å². The quantitative estimate of drug-likeness (QED) is 0.791. The molecule has 4 N–H and O–H groups in total. The molecule has 0 atom stereocenters. The Balaban J connectivity index is 2.24. The number of anilines is 2. The zero-order valence-corrected chi connectivity index (χ0v) is 11.6. The molecular weight excluding hydrogens is 274 g/mol. The molecule has 0 aromatic carbocycles. The van der Waals surface area contributed by atoms with Crippen LogP contribution in [0.3, 0.4) is 0 Å². The van der Waals surface area contributed by atoms with Crippen molar-refractivity contribution in [2.75, 3.05) is 18.1 Å². The molecule has 0 aliphatic rings. The van der Waals surface area contributed by atoms with Gasteiger partial charge in [-0.05, 0) is 11.6 Å². The van der Waals surface area contributed by atoms with E-state index < -0.39 is 0 Å². The molecule has 102 valence electrons. The number of rotatable bonds is 4. The third-order valence-electron chi connectivity index (χ3n) is 2.67. The number of aromatic nitrogens is 1. The van der Waals surface area contributed by atoms with Gasteiger partial charge in [-0.2, -0.15) is 5.26 Å². The van der Waals surface area contributed by atoms with Crippen molar-refractivity contribution >= 4 is 27.9 Å². The lowest BCUT2D eigenvalue weighted by atomic mass is 10.2. The molecule has 20 heavy (non-hydrogen) atoms. The van der Waals surface area contributed by atoms with Crippen LogP contribution in [0, 0.1) is 11.3 Å². The Morgan fingerprint density at radius 2 is 2.40 bits per heavy atom. The van der Waals surface area contributed by atoms with E-state index in [1.54, 1.807) is 12.4 Å². The van der Waals surface area contributed by atoms with E-state index in [0.717, 1.165) is 5.56 Å². The van der Waals surface area contributed by atoms with E-state index in [0.29, 0.717) is 22.0 Å². The summed E-state index contributed by atoms with van der Waals surface area (Å²) in [6.45, 7) is 0.510. The van der Waals surface area contributed by atoms with Crippen molar-refractivity contribution in [2.45, 2.75) is 6.54 Å². The van der Waals surface area contributed by atoms with Gasteiger partial charge in [0.2, 0.25) is 0 Å². The first kappa shape index (κ1) is 13.8. The van der Waals surface area contributed by atoms with E-state index in [4.69, 9.17) is 11.0 Å². The number of nitrogens with two attached hydrogens (primary N) is 1. The van der Waals surface area contributed by atoms with Crippen LogP contribution in [0.4, 0.5) is 10.7 Å². The number of thiophene rings is 1. The topological polar surface area (TPSA) is 104 Å². The number of nitriles is 1. The van der Waals surface area contributed by atoms with Gasteiger partial charge in [-0.25, -0.2) is 0 Å². The molecule has 2 aromatic heterocycles. The van der Waals surface area contributed by atoms with E-state index >= 15 is 0 Å². The van der Waals surface area contributed by atoms with Gasteiger partial charge in [-0.1, -0.05) is 6.07 Å². The Bertz CT molecular complexity index is 659. The molecule has 6 nitrogen and oxygen atoms in total. The fourth-order valence-electron chi connectivity index (χ4n) is 1.65. The number of pyridine rings is 1. The molecule has 0 radical (unpaired) electrons. The molecule has 1 amide bonds. The molecule has 0 bridgehead atoms. The maximum Gasteiger partial charge on any atom is 0.263 e. The normalized spacial score (nSPS) is 9.80. The van der Waals surface area contributed by atoms with Gasteiger partial charge in [0.05, 0.1) is 5.69 Å². The van der Waals surface area contributed by atoms with Crippen molar-refractivity contribution in [2.24, 2.45) is 0 Å². The Morgan fingerprint density at radius 3 is 3.00 bits per heavy atom. The zero-order chi connectivity index (χ0) is 14.5. The number of carbonyl (C=O) groups is 1. The number of nitrogens with zero attached hydrogens (tertiary/aromatic N) is 2.